The second kappa shape index (κ2) is 12.6. The largest absolute Gasteiger partial charge is 0.481 e. The van der Waals surface area contributed by atoms with Crippen LogP contribution in [-0.2, 0) is 4.79 Å². The Morgan fingerprint density at radius 2 is 1.64 bits per heavy atom. The lowest BCUT2D eigenvalue weighted by atomic mass is 9.61. The highest BCUT2D eigenvalue weighted by atomic mass is 19.2. The van der Waals surface area contributed by atoms with Crippen LogP contribution in [0.2, 0.25) is 0 Å². The molecule has 13 heteroatoms. The maximum absolute atomic E-state index is 13.3. The Balaban J connectivity index is 1.04. The van der Waals surface area contributed by atoms with E-state index in [1.165, 1.54) is 0 Å². The molecule has 42 heavy (non-hydrogen) atoms. The summed E-state index contributed by atoms with van der Waals surface area (Å²) < 4.78 is 37.0. The monoisotopic (exact) mass is 583 g/mol. The summed E-state index contributed by atoms with van der Waals surface area (Å²) in [7, 11) is 0. The quantitative estimate of drug-likeness (QED) is 0.293. The average Bonchev–Trinajstić information content (AvgIpc) is 3.48. The number of benzene rings is 1. The molecular weight excluding hydrogens is 552 g/mol. The topological polar surface area (TPSA) is 157 Å². The van der Waals surface area contributed by atoms with Gasteiger partial charge in [0.2, 0.25) is 0 Å². The normalized spacial score (nSPS) is 22.0. The number of hydrogen-bond donors (Lipinski definition) is 3. The first-order valence-electron chi connectivity index (χ1n) is 13.9. The van der Waals surface area contributed by atoms with Gasteiger partial charge in [-0.3, -0.25) is 19.4 Å². The number of carboxylic acid groups (broad SMARTS) is 1. The molecule has 0 atom stereocenters. The van der Waals surface area contributed by atoms with Gasteiger partial charge in [0.05, 0.1) is 6.20 Å². The van der Waals surface area contributed by atoms with Gasteiger partial charge in [-0.05, 0) is 87.0 Å². The van der Waals surface area contributed by atoms with Crippen molar-refractivity contribution in [3.05, 3.63) is 65.6 Å². The molecule has 0 bridgehead atoms. The van der Waals surface area contributed by atoms with E-state index in [0.717, 1.165) is 75.3 Å². The van der Waals surface area contributed by atoms with Gasteiger partial charge in [0, 0.05) is 29.8 Å². The van der Waals surface area contributed by atoms with Gasteiger partial charge in [0.25, 0.3) is 0 Å². The number of halogens is 2. The fraction of sp³-hybridized carbons (Fsp3) is 0.448. The van der Waals surface area contributed by atoms with E-state index in [4.69, 9.17) is 14.3 Å². The first-order chi connectivity index (χ1) is 20.2. The molecule has 2 amide bonds. The molecule has 222 valence electrons. The molecule has 1 spiro atoms. The lowest BCUT2D eigenvalue weighted by molar-refractivity contribution is -0.138. The van der Waals surface area contributed by atoms with Crippen molar-refractivity contribution in [3.8, 4) is 5.75 Å². The minimum absolute atomic E-state index is 0.0274. The van der Waals surface area contributed by atoms with Crippen LogP contribution in [0.1, 0.15) is 90.8 Å². The third-order valence-electron chi connectivity index (χ3n) is 8.32. The lowest BCUT2D eigenvalue weighted by Gasteiger charge is -2.44. The van der Waals surface area contributed by atoms with Crippen molar-refractivity contribution in [2.75, 3.05) is 12.0 Å². The Bertz CT molecular complexity index is 1430. The van der Waals surface area contributed by atoms with Crippen molar-refractivity contribution in [1.29, 1.82) is 0 Å². The maximum atomic E-state index is 13.3. The highest BCUT2D eigenvalue weighted by Gasteiger charge is 2.39. The van der Waals surface area contributed by atoms with E-state index in [1.807, 2.05) is 6.07 Å². The van der Waals surface area contributed by atoms with E-state index < -0.39 is 41.2 Å². The van der Waals surface area contributed by atoms with E-state index in [1.54, 1.807) is 12.3 Å². The van der Waals surface area contributed by atoms with Gasteiger partial charge in [-0.2, -0.15) is 0 Å². The Morgan fingerprint density at radius 1 is 0.952 bits per heavy atom. The Labute approximate surface area is 240 Å². The van der Waals surface area contributed by atoms with E-state index in [9.17, 15) is 23.2 Å². The van der Waals surface area contributed by atoms with Gasteiger partial charge in [0.15, 0.2) is 18.4 Å². The van der Waals surface area contributed by atoms with Gasteiger partial charge in [-0.15, -0.1) is 10.2 Å². The number of hydrogen-bond acceptors (Lipinski definition) is 8. The van der Waals surface area contributed by atoms with Gasteiger partial charge in [0.1, 0.15) is 5.75 Å². The fourth-order valence-electron chi connectivity index (χ4n) is 5.91. The van der Waals surface area contributed by atoms with Crippen LogP contribution in [0.5, 0.6) is 5.75 Å². The van der Waals surface area contributed by atoms with Crippen LogP contribution in [0.3, 0.4) is 0 Å². The number of pyridine rings is 1. The molecule has 2 saturated carbocycles. The number of carbonyl (C=O) groups excluding carboxylic acids is 2. The minimum Gasteiger partial charge on any atom is -0.481 e. The average molecular weight is 584 g/mol. The van der Waals surface area contributed by atoms with Crippen LogP contribution in [0.15, 0.2) is 40.9 Å². The Morgan fingerprint density at radius 3 is 2.29 bits per heavy atom. The lowest BCUT2D eigenvalue weighted by Crippen LogP contribution is -2.32. The summed E-state index contributed by atoms with van der Waals surface area (Å²) in [5.41, 5.74) is 1.32. The highest BCUT2D eigenvalue weighted by molar-refractivity contribution is 6.01. The van der Waals surface area contributed by atoms with Gasteiger partial charge in [-0.25, -0.2) is 8.78 Å². The summed E-state index contributed by atoms with van der Waals surface area (Å²) in [6, 6.07) is 6.52. The number of aromatic nitrogens is 3. The number of aliphatic carboxylic acids is 1. The van der Waals surface area contributed by atoms with Crippen LogP contribution in [-0.4, -0.2) is 44.8 Å². The zero-order chi connectivity index (χ0) is 29.7. The molecule has 2 aromatic heterocycles. The molecular formula is C29H31F2N5O6. The molecule has 3 N–H and O–H groups in total. The molecule has 2 heterocycles. The van der Waals surface area contributed by atoms with Crippen molar-refractivity contribution >= 4 is 23.5 Å². The maximum Gasteiger partial charge on any atom is 0.313 e. The Kier molecular flexibility index (Phi) is 8.74. The summed E-state index contributed by atoms with van der Waals surface area (Å²) in [6.45, 7) is -0.215. The number of amides is 2. The number of carboxylic acids is 1. The molecule has 0 unspecified atom stereocenters. The predicted molar refractivity (Wildman–Crippen MR) is 144 cm³/mol. The summed E-state index contributed by atoms with van der Waals surface area (Å²) >= 11 is 0. The van der Waals surface area contributed by atoms with E-state index in [-0.39, 0.29) is 18.8 Å². The standard InChI is InChI=1S/C29H31F2N5O6/c30-21-3-1-19(14-22(21)31)34-26(40)28-36-35-27(42-28)25(39)33-16-41-20-2-4-23(32-15-20)18-7-11-29(12-8-18)9-5-17(6-10-29)13-24(37)38/h1-4,14-15,17-18H,5-13,16H2,(H,33,39)(H,34,40)(H,37,38). The molecule has 2 fully saturated rings. The van der Waals surface area contributed by atoms with Crippen molar-refractivity contribution in [2.24, 2.45) is 11.3 Å². The van der Waals surface area contributed by atoms with Gasteiger partial charge in [-0.1, -0.05) is 0 Å². The van der Waals surface area contributed by atoms with Gasteiger partial charge >= 0.3 is 29.6 Å². The first-order valence-corrected chi connectivity index (χ1v) is 13.9. The van der Waals surface area contributed by atoms with Crippen molar-refractivity contribution in [3.63, 3.8) is 0 Å². The number of anilines is 1. The van der Waals surface area contributed by atoms with Crippen molar-refractivity contribution < 1.29 is 37.4 Å². The van der Waals surface area contributed by atoms with Crippen LogP contribution in [0.4, 0.5) is 14.5 Å². The fourth-order valence-corrected chi connectivity index (χ4v) is 5.91. The number of carbonyl (C=O) groups is 3. The summed E-state index contributed by atoms with van der Waals surface area (Å²) in [6.07, 6.45) is 10.5. The second-order valence-electron chi connectivity index (χ2n) is 11.0. The summed E-state index contributed by atoms with van der Waals surface area (Å²) in [5.74, 6) is -4.45. The number of nitrogens with one attached hydrogen (secondary N) is 2. The third kappa shape index (κ3) is 7.07. The summed E-state index contributed by atoms with van der Waals surface area (Å²) in [4.78, 5) is 40.1. The number of ether oxygens (including phenoxy) is 1. The molecule has 5 rings (SSSR count). The molecule has 2 aliphatic carbocycles. The van der Waals surface area contributed by atoms with E-state index >= 15 is 0 Å². The molecule has 0 saturated heterocycles. The van der Waals surface area contributed by atoms with Crippen LogP contribution < -0.4 is 15.4 Å². The molecule has 3 aromatic rings. The van der Waals surface area contributed by atoms with E-state index in [2.05, 4.69) is 25.8 Å². The molecule has 0 aliphatic heterocycles. The zero-order valence-electron chi connectivity index (χ0n) is 22.8. The van der Waals surface area contributed by atoms with Gasteiger partial charge < -0.3 is 24.9 Å². The molecule has 11 nitrogen and oxygen atoms in total. The smallest absolute Gasteiger partial charge is 0.313 e. The van der Waals surface area contributed by atoms with Crippen LogP contribution in [0, 0.1) is 23.0 Å². The first kappa shape index (κ1) is 29.1. The molecule has 2 aliphatic rings. The summed E-state index contributed by atoms with van der Waals surface area (Å²) in [5, 5.41) is 20.8. The molecule has 0 radical (unpaired) electrons. The van der Waals surface area contributed by atoms with Crippen LogP contribution >= 0.6 is 0 Å². The van der Waals surface area contributed by atoms with E-state index in [0.29, 0.717) is 23.0 Å². The highest BCUT2D eigenvalue weighted by Crippen LogP contribution is 2.52. The molecule has 1 aromatic carbocycles. The number of nitrogens with zero attached hydrogens (tertiary/aromatic N) is 3. The second-order valence-corrected chi connectivity index (χ2v) is 11.0. The van der Waals surface area contributed by atoms with Crippen LogP contribution in [0.25, 0.3) is 0 Å². The number of rotatable bonds is 9. The van der Waals surface area contributed by atoms with Crippen molar-refractivity contribution in [2.45, 2.75) is 63.7 Å². The zero-order valence-corrected chi connectivity index (χ0v) is 22.8. The predicted octanol–water partition coefficient (Wildman–Crippen LogP) is 5.07. The minimum atomic E-state index is -1.14. The Hall–Kier alpha value is -4.42. The third-order valence-corrected chi connectivity index (χ3v) is 8.32. The van der Waals surface area contributed by atoms with Crippen molar-refractivity contribution in [1.82, 2.24) is 20.5 Å². The SMILES string of the molecule is O=C(O)CC1CCC2(CC1)CCC(c1ccc(OCNC(=O)c3nnc(C(=O)Nc4ccc(F)c(F)c4)o3)cn1)CC2.